The largest absolute Gasteiger partial charge is 0.490 e. The second kappa shape index (κ2) is 7.81. The molecule has 0 aliphatic carbocycles. The zero-order valence-electron chi connectivity index (χ0n) is 18.4. The molecule has 4 rings (SSSR count). The van der Waals surface area contributed by atoms with Gasteiger partial charge in [-0.3, -0.25) is 0 Å². The maximum atomic E-state index is 6.47. The first-order valence-electron chi connectivity index (χ1n) is 10.9. The Morgan fingerprint density at radius 3 is 2.41 bits per heavy atom. The normalized spacial score (nSPS) is 20.6. The molecular weight excluding hydrogens is 360 g/mol. The van der Waals surface area contributed by atoms with E-state index in [2.05, 4.69) is 81.2 Å². The molecule has 2 aliphatic rings. The monoisotopic (exact) mass is 394 g/mol. The van der Waals surface area contributed by atoms with Crippen LogP contribution in [0.4, 0.5) is 11.4 Å². The third-order valence-corrected chi connectivity index (χ3v) is 6.20. The van der Waals surface area contributed by atoms with E-state index in [4.69, 9.17) is 9.47 Å². The van der Waals surface area contributed by atoms with Crippen LogP contribution in [0.1, 0.15) is 64.0 Å². The van der Waals surface area contributed by atoms with Gasteiger partial charge in [0.15, 0.2) is 0 Å². The fourth-order valence-electron chi connectivity index (χ4n) is 4.11. The van der Waals surface area contributed by atoms with Gasteiger partial charge in [0, 0.05) is 13.0 Å². The van der Waals surface area contributed by atoms with Crippen molar-refractivity contribution in [3.8, 4) is 11.5 Å². The summed E-state index contributed by atoms with van der Waals surface area (Å²) in [5.74, 6) is 3.00. The molecule has 0 radical (unpaired) electrons. The molecule has 156 valence electrons. The topological polar surface area (TPSA) is 33.7 Å². The van der Waals surface area contributed by atoms with Crippen molar-refractivity contribution in [1.82, 2.24) is 0 Å². The van der Waals surface area contributed by atoms with Crippen molar-refractivity contribution in [2.24, 2.45) is 0 Å². The van der Waals surface area contributed by atoms with E-state index in [9.17, 15) is 0 Å². The third-order valence-electron chi connectivity index (χ3n) is 6.20. The first kappa shape index (κ1) is 19.9. The fourth-order valence-corrected chi connectivity index (χ4v) is 4.11. The first-order valence-corrected chi connectivity index (χ1v) is 10.9. The van der Waals surface area contributed by atoms with Crippen LogP contribution in [0.15, 0.2) is 36.4 Å². The SMILES string of the molecule is CC(C)c1ccc2c(c1)NCC(C)(CCN1CCOc3ccc(C(C)C)cc31)O2. The minimum absolute atomic E-state index is 0.222. The summed E-state index contributed by atoms with van der Waals surface area (Å²) < 4.78 is 12.4. The van der Waals surface area contributed by atoms with Crippen molar-refractivity contribution >= 4 is 11.4 Å². The van der Waals surface area contributed by atoms with E-state index in [1.807, 2.05) is 0 Å². The lowest BCUT2D eigenvalue weighted by Crippen LogP contribution is -2.46. The lowest BCUT2D eigenvalue weighted by molar-refractivity contribution is 0.0871. The Labute approximate surface area is 175 Å². The second-order valence-electron chi connectivity index (χ2n) is 9.28. The van der Waals surface area contributed by atoms with Gasteiger partial charge in [-0.2, -0.15) is 0 Å². The van der Waals surface area contributed by atoms with Crippen LogP contribution >= 0.6 is 0 Å². The number of benzene rings is 2. The number of nitrogens with zero attached hydrogens (tertiary/aromatic N) is 1. The summed E-state index contributed by atoms with van der Waals surface area (Å²) in [6, 6.07) is 13.1. The molecule has 0 spiro atoms. The van der Waals surface area contributed by atoms with Crippen LogP contribution in [0, 0.1) is 0 Å². The number of hydrogen-bond acceptors (Lipinski definition) is 4. The molecule has 4 heteroatoms. The summed E-state index contributed by atoms with van der Waals surface area (Å²) >= 11 is 0. The molecule has 2 aromatic carbocycles. The predicted octanol–water partition coefficient (Wildman–Crippen LogP) is 5.79. The lowest BCUT2D eigenvalue weighted by atomic mass is 9.96. The Balaban J connectivity index is 1.47. The quantitative estimate of drug-likeness (QED) is 0.696. The molecule has 0 amide bonds. The van der Waals surface area contributed by atoms with Crippen molar-refractivity contribution in [2.75, 3.05) is 36.5 Å². The highest BCUT2D eigenvalue weighted by Crippen LogP contribution is 2.38. The van der Waals surface area contributed by atoms with Gasteiger partial charge in [-0.05, 0) is 54.2 Å². The fraction of sp³-hybridized carbons (Fsp3) is 0.520. The molecule has 0 bridgehead atoms. The van der Waals surface area contributed by atoms with Gasteiger partial charge in [0.1, 0.15) is 23.7 Å². The molecular formula is C25H34N2O2. The Morgan fingerprint density at radius 1 is 1.00 bits per heavy atom. The number of fused-ring (bicyclic) bond motifs is 2. The third kappa shape index (κ3) is 4.17. The van der Waals surface area contributed by atoms with Crippen LogP contribution in [0.3, 0.4) is 0 Å². The van der Waals surface area contributed by atoms with Gasteiger partial charge >= 0.3 is 0 Å². The molecule has 2 aromatic rings. The van der Waals surface area contributed by atoms with Crippen molar-refractivity contribution in [2.45, 2.75) is 58.5 Å². The molecule has 0 saturated carbocycles. The van der Waals surface area contributed by atoms with Crippen LogP contribution < -0.4 is 19.7 Å². The molecule has 2 heterocycles. The van der Waals surface area contributed by atoms with Gasteiger partial charge in [-0.25, -0.2) is 0 Å². The Kier molecular flexibility index (Phi) is 5.37. The molecule has 0 saturated heterocycles. The zero-order chi connectivity index (χ0) is 20.6. The van der Waals surface area contributed by atoms with Gasteiger partial charge in [-0.1, -0.05) is 39.8 Å². The molecule has 29 heavy (non-hydrogen) atoms. The number of hydrogen-bond donors (Lipinski definition) is 1. The minimum Gasteiger partial charge on any atom is -0.490 e. The van der Waals surface area contributed by atoms with Crippen LogP contribution in [-0.2, 0) is 0 Å². The highest BCUT2D eigenvalue weighted by Gasteiger charge is 2.33. The van der Waals surface area contributed by atoms with Crippen LogP contribution in [0.2, 0.25) is 0 Å². The summed E-state index contributed by atoms with van der Waals surface area (Å²) in [5, 5.41) is 3.61. The Morgan fingerprint density at radius 2 is 1.69 bits per heavy atom. The van der Waals surface area contributed by atoms with Crippen molar-refractivity contribution in [3.63, 3.8) is 0 Å². The zero-order valence-corrected chi connectivity index (χ0v) is 18.4. The second-order valence-corrected chi connectivity index (χ2v) is 9.28. The maximum absolute atomic E-state index is 6.47. The summed E-state index contributed by atoms with van der Waals surface area (Å²) in [6.45, 7) is 14.6. The lowest BCUT2D eigenvalue weighted by Gasteiger charge is -2.39. The van der Waals surface area contributed by atoms with Gasteiger partial charge < -0.3 is 19.7 Å². The van der Waals surface area contributed by atoms with E-state index in [1.165, 1.54) is 16.8 Å². The molecule has 4 nitrogen and oxygen atoms in total. The highest BCUT2D eigenvalue weighted by molar-refractivity contribution is 5.62. The van der Waals surface area contributed by atoms with E-state index in [1.54, 1.807) is 0 Å². The summed E-state index contributed by atoms with van der Waals surface area (Å²) in [4.78, 5) is 2.46. The average Bonchev–Trinajstić information content (AvgIpc) is 2.71. The van der Waals surface area contributed by atoms with E-state index < -0.39 is 0 Å². The van der Waals surface area contributed by atoms with E-state index in [-0.39, 0.29) is 5.60 Å². The standard InChI is InChI=1S/C25H34N2O2/c1-17(2)19-6-8-23-21(14-19)26-16-25(5,29-23)10-11-27-12-13-28-24-9-7-20(18(3)4)15-22(24)27/h6-9,14-15,17-18,26H,10-13,16H2,1-5H3. The van der Waals surface area contributed by atoms with Gasteiger partial charge in [0.2, 0.25) is 0 Å². The van der Waals surface area contributed by atoms with Crippen LogP contribution in [0.5, 0.6) is 11.5 Å². The molecule has 1 atom stereocenters. The summed E-state index contributed by atoms with van der Waals surface area (Å²) in [7, 11) is 0. The Hall–Kier alpha value is -2.36. The average molecular weight is 395 g/mol. The number of anilines is 2. The van der Waals surface area contributed by atoms with Gasteiger partial charge in [-0.15, -0.1) is 0 Å². The van der Waals surface area contributed by atoms with Crippen LogP contribution in [-0.4, -0.2) is 31.8 Å². The van der Waals surface area contributed by atoms with Crippen LogP contribution in [0.25, 0.3) is 0 Å². The number of rotatable bonds is 5. The van der Waals surface area contributed by atoms with Gasteiger partial charge in [0.25, 0.3) is 0 Å². The van der Waals surface area contributed by atoms with E-state index in [0.29, 0.717) is 11.8 Å². The number of ether oxygens (including phenoxy) is 2. The van der Waals surface area contributed by atoms with Crippen molar-refractivity contribution in [3.05, 3.63) is 47.5 Å². The molecule has 2 aliphatic heterocycles. The molecule has 1 N–H and O–H groups in total. The van der Waals surface area contributed by atoms with E-state index in [0.717, 1.165) is 49.8 Å². The van der Waals surface area contributed by atoms with Crippen molar-refractivity contribution < 1.29 is 9.47 Å². The predicted molar refractivity (Wildman–Crippen MR) is 121 cm³/mol. The summed E-state index contributed by atoms with van der Waals surface area (Å²) in [5.41, 5.74) is 4.81. The molecule has 0 aromatic heterocycles. The maximum Gasteiger partial charge on any atom is 0.143 e. The smallest absolute Gasteiger partial charge is 0.143 e. The van der Waals surface area contributed by atoms with Crippen molar-refractivity contribution in [1.29, 1.82) is 0 Å². The van der Waals surface area contributed by atoms with E-state index >= 15 is 0 Å². The molecule has 1 unspecified atom stereocenters. The number of nitrogens with one attached hydrogen (secondary N) is 1. The van der Waals surface area contributed by atoms with Gasteiger partial charge in [0.05, 0.1) is 24.5 Å². The highest BCUT2D eigenvalue weighted by atomic mass is 16.5. The molecule has 0 fully saturated rings. The Bertz CT molecular complexity index is 877. The first-order chi connectivity index (χ1) is 13.8. The summed E-state index contributed by atoms with van der Waals surface area (Å²) in [6.07, 6.45) is 0.955. The minimum atomic E-state index is -0.222.